The lowest BCUT2D eigenvalue weighted by Crippen LogP contribution is -2.02. The number of hydrogen-bond acceptors (Lipinski definition) is 1. The minimum absolute atomic E-state index is 0.0727. The molecule has 0 fully saturated rings. The molecule has 1 aliphatic rings. The van der Waals surface area contributed by atoms with Crippen LogP contribution in [0.1, 0.15) is 18.4 Å². The fourth-order valence-corrected chi connectivity index (χ4v) is 6.43. The normalized spacial score (nSPS) is 17.5. The van der Waals surface area contributed by atoms with E-state index in [2.05, 4.69) is 150 Å². The molecular weight excluding hydrogens is 500 g/mol. The average molecular weight is 529 g/mol. The number of fused-ring (bicyclic) bond motifs is 7. The Kier molecular flexibility index (Phi) is 5.26. The van der Waals surface area contributed by atoms with Gasteiger partial charge in [-0.2, -0.15) is 0 Å². The van der Waals surface area contributed by atoms with Crippen LogP contribution in [0.5, 0.6) is 5.75 Å². The Hall–Kier alpha value is -5.28. The fourth-order valence-electron chi connectivity index (χ4n) is 6.43. The number of hydrogen-bond donors (Lipinski definition) is 0. The van der Waals surface area contributed by atoms with Crippen molar-refractivity contribution in [2.45, 2.75) is 12.8 Å². The van der Waals surface area contributed by atoms with Gasteiger partial charge in [-0.1, -0.05) is 92.4 Å². The quantitative estimate of drug-likeness (QED) is 0.218. The minimum atomic E-state index is 0.0727. The lowest BCUT2D eigenvalue weighted by molar-refractivity contribution is 0.440. The molecule has 0 amide bonds. The Labute approximate surface area is 238 Å². The summed E-state index contributed by atoms with van der Waals surface area (Å²) >= 11 is 0. The van der Waals surface area contributed by atoms with Crippen LogP contribution >= 0.6 is 0 Å². The second kappa shape index (κ2) is 9.14. The van der Waals surface area contributed by atoms with E-state index in [4.69, 9.17) is 4.74 Å². The molecule has 0 aliphatic carbocycles. The standard InChI is InChI=1S/C38H28N2O/c1-25-23-27(39-34-15-7-3-11-29(34)30-12-4-8-16-35(30)39)20-19-26(2)41-38-22-21-28(24-33(25)38)40-36-17-9-5-13-31(36)32-14-6-10-18-37(32)40/h3-25H,2H2,1H3/b20-19-,27-23+. The van der Waals surface area contributed by atoms with Crippen LogP contribution in [0.25, 0.3) is 55.0 Å². The van der Waals surface area contributed by atoms with Crippen LogP contribution in [-0.2, 0) is 0 Å². The third-order valence-electron chi connectivity index (χ3n) is 8.26. The number of aromatic nitrogens is 2. The van der Waals surface area contributed by atoms with Gasteiger partial charge >= 0.3 is 0 Å². The summed E-state index contributed by atoms with van der Waals surface area (Å²) in [5, 5.41) is 4.99. The second-order valence-electron chi connectivity index (χ2n) is 10.7. The van der Waals surface area contributed by atoms with Gasteiger partial charge in [-0.3, -0.25) is 0 Å². The Morgan fingerprint density at radius 3 is 1.61 bits per heavy atom. The molecule has 3 heteroatoms. The van der Waals surface area contributed by atoms with E-state index in [1.54, 1.807) is 0 Å². The van der Waals surface area contributed by atoms with Gasteiger partial charge in [0.2, 0.25) is 0 Å². The first-order valence-corrected chi connectivity index (χ1v) is 14.0. The first-order chi connectivity index (χ1) is 20.2. The van der Waals surface area contributed by atoms with Gasteiger partial charge in [-0.05, 0) is 54.6 Å². The molecule has 2 aromatic heterocycles. The largest absolute Gasteiger partial charge is 0.458 e. The van der Waals surface area contributed by atoms with Gasteiger partial charge in [0, 0.05) is 44.4 Å². The van der Waals surface area contributed by atoms with Gasteiger partial charge in [-0.15, -0.1) is 0 Å². The molecule has 3 heterocycles. The van der Waals surface area contributed by atoms with Crippen molar-refractivity contribution in [2.75, 3.05) is 0 Å². The zero-order valence-electron chi connectivity index (χ0n) is 22.8. The summed E-state index contributed by atoms with van der Waals surface area (Å²) < 4.78 is 11.1. The van der Waals surface area contributed by atoms with Crippen molar-refractivity contribution in [2.24, 2.45) is 0 Å². The van der Waals surface area contributed by atoms with E-state index in [0.717, 1.165) is 22.7 Å². The molecule has 0 saturated heterocycles. The predicted molar refractivity (Wildman–Crippen MR) is 172 cm³/mol. The zero-order chi connectivity index (χ0) is 27.5. The Balaban J connectivity index is 1.35. The molecule has 0 spiro atoms. The van der Waals surface area contributed by atoms with E-state index in [1.165, 1.54) is 43.6 Å². The summed E-state index contributed by atoms with van der Waals surface area (Å²) in [5.74, 6) is 1.51. The van der Waals surface area contributed by atoms with E-state index >= 15 is 0 Å². The van der Waals surface area contributed by atoms with Gasteiger partial charge < -0.3 is 13.9 Å². The number of benzene rings is 5. The third-order valence-corrected chi connectivity index (χ3v) is 8.26. The molecule has 5 aromatic carbocycles. The van der Waals surface area contributed by atoms with Crippen molar-refractivity contribution >= 4 is 49.3 Å². The smallest absolute Gasteiger partial charge is 0.131 e. The van der Waals surface area contributed by atoms with Crippen LogP contribution < -0.4 is 4.74 Å². The number of ether oxygens (including phenoxy) is 1. The Bertz CT molecular complexity index is 2120. The summed E-state index contributed by atoms with van der Waals surface area (Å²) in [7, 11) is 0. The molecule has 41 heavy (non-hydrogen) atoms. The lowest BCUT2D eigenvalue weighted by atomic mass is 9.98. The first kappa shape index (κ1) is 23.6. The van der Waals surface area contributed by atoms with E-state index in [-0.39, 0.29) is 5.92 Å². The van der Waals surface area contributed by atoms with Crippen molar-refractivity contribution in [3.05, 3.63) is 151 Å². The van der Waals surface area contributed by atoms with E-state index < -0.39 is 0 Å². The van der Waals surface area contributed by atoms with E-state index in [0.29, 0.717) is 5.76 Å². The van der Waals surface area contributed by atoms with Crippen LogP contribution in [-0.4, -0.2) is 9.13 Å². The topological polar surface area (TPSA) is 19.1 Å². The van der Waals surface area contributed by atoms with Gasteiger partial charge in [0.1, 0.15) is 11.5 Å². The van der Waals surface area contributed by atoms with E-state index in [1.807, 2.05) is 6.08 Å². The molecule has 0 N–H and O–H groups in total. The maximum atomic E-state index is 6.34. The summed E-state index contributed by atoms with van der Waals surface area (Å²) in [6, 6.07) is 41.0. The molecule has 8 rings (SSSR count). The number of rotatable bonds is 2. The van der Waals surface area contributed by atoms with Crippen LogP contribution in [0, 0.1) is 0 Å². The molecule has 1 aliphatic heterocycles. The molecule has 7 aromatic rings. The van der Waals surface area contributed by atoms with Gasteiger partial charge in [-0.25, -0.2) is 0 Å². The average Bonchev–Trinajstić information content (AvgIpc) is 3.54. The van der Waals surface area contributed by atoms with Gasteiger partial charge in [0.25, 0.3) is 0 Å². The summed E-state index contributed by atoms with van der Waals surface area (Å²) in [6.45, 7) is 6.47. The van der Waals surface area contributed by atoms with Crippen LogP contribution in [0.15, 0.2) is 146 Å². The molecular formula is C38H28N2O. The SMILES string of the molecule is C=C1/C=C\C(n2c3ccccc3c3ccccc32)=C/C(C)c2cc(-n3c4ccccc4c4ccccc43)ccc2O1. The predicted octanol–water partition coefficient (Wildman–Crippen LogP) is 10.00. The molecule has 0 bridgehead atoms. The Morgan fingerprint density at radius 2 is 1.07 bits per heavy atom. The maximum Gasteiger partial charge on any atom is 0.131 e. The van der Waals surface area contributed by atoms with Crippen molar-refractivity contribution in [1.29, 1.82) is 0 Å². The monoisotopic (exact) mass is 528 g/mol. The lowest BCUT2D eigenvalue weighted by Gasteiger charge is -2.18. The van der Waals surface area contributed by atoms with Crippen molar-refractivity contribution < 1.29 is 4.74 Å². The highest BCUT2D eigenvalue weighted by Gasteiger charge is 2.19. The number of allylic oxidation sites excluding steroid dienone is 4. The summed E-state index contributed by atoms with van der Waals surface area (Å²) in [5.41, 5.74) is 8.07. The van der Waals surface area contributed by atoms with E-state index in [9.17, 15) is 0 Å². The number of nitrogens with zero attached hydrogens (tertiary/aromatic N) is 2. The van der Waals surface area contributed by atoms with Crippen LogP contribution in [0.4, 0.5) is 0 Å². The Morgan fingerprint density at radius 1 is 0.585 bits per heavy atom. The van der Waals surface area contributed by atoms with Crippen molar-refractivity contribution in [3.8, 4) is 11.4 Å². The second-order valence-corrected chi connectivity index (χ2v) is 10.7. The molecule has 196 valence electrons. The maximum absolute atomic E-state index is 6.34. The summed E-state index contributed by atoms with van der Waals surface area (Å²) in [6.07, 6.45) is 6.43. The highest BCUT2D eigenvalue weighted by Crippen LogP contribution is 2.39. The molecule has 1 unspecified atom stereocenters. The van der Waals surface area contributed by atoms with Gasteiger partial charge in [0.15, 0.2) is 0 Å². The molecule has 3 nitrogen and oxygen atoms in total. The minimum Gasteiger partial charge on any atom is -0.458 e. The van der Waals surface area contributed by atoms with Crippen molar-refractivity contribution in [3.63, 3.8) is 0 Å². The van der Waals surface area contributed by atoms with Crippen LogP contribution in [0.3, 0.4) is 0 Å². The first-order valence-electron chi connectivity index (χ1n) is 14.0. The third kappa shape index (κ3) is 3.66. The van der Waals surface area contributed by atoms with Crippen molar-refractivity contribution in [1.82, 2.24) is 9.13 Å². The zero-order valence-corrected chi connectivity index (χ0v) is 22.8. The van der Waals surface area contributed by atoms with Gasteiger partial charge in [0.05, 0.1) is 22.1 Å². The molecule has 0 radical (unpaired) electrons. The highest BCUT2D eigenvalue weighted by atomic mass is 16.5. The molecule has 0 saturated carbocycles. The number of para-hydroxylation sites is 4. The fraction of sp³-hybridized carbons (Fsp3) is 0.0526. The molecule has 1 atom stereocenters. The summed E-state index contributed by atoms with van der Waals surface area (Å²) in [4.78, 5) is 0. The van der Waals surface area contributed by atoms with Crippen LogP contribution in [0.2, 0.25) is 0 Å². The highest BCUT2D eigenvalue weighted by molar-refractivity contribution is 6.11.